The van der Waals surface area contributed by atoms with Crippen LogP contribution in [0.4, 0.5) is 0 Å². The molecular weight excluding hydrogens is 633 g/mol. The van der Waals surface area contributed by atoms with Crippen LogP contribution in [0.3, 0.4) is 0 Å². The van der Waals surface area contributed by atoms with Gasteiger partial charge in [-0.2, -0.15) is 0 Å². The van der Waals surface area contributed by atoms with E-state index in [2.05, 4.69) is 124 Å². The molecule has 1 aliphatic heterocycles. The maximum Gasteiger partial charge on any atom is 0.235 e. The first-order valence-electron chi connectivity index (χ1n) is 16.8. The minimum Gasteiger partial charge on any atom is -0.456 e. The van der Waals surface area contributed by atoms with Crippen molar-refractivity contribution in [3.8, 4) is 34.4 Å². The zero-order chi connectivity index (χ0) is 32.5. The summed E-state index contributed by atoms with van der Waals surface area (Å²) in [5.41, 5.74) is 8.30. The average Bonchev–Trinajstić information content (AvgIpc) is 3.83. The first kappa shape index (κ1) is 26.5. The molecule has 0 radical (unpaired) electrons. The van der Waals surface area contributed by atoms with Crippen LogP contribution in [0.5, 0.6) is 11.5 Å². The molecule has 0 spiro atoms. The van der Waals surface area contributed by atoms with Crippen LogP contribution in [0, 0.1) is 0 Å². The SMILES string of the molecule is c1ccc(-n2c3ccccc3c3c4c5ccccc5sc4c4c5ccccc5n(-c5nc6c7c(cccc7n5)Oc5ccccc5-6)c4c32)cc1. The summed E-state index contributed by atoms with van der Waals surface area (Å²) in [6.07, 6.45) is 0. The molecule has 11 aromatic rings. The van der Waals surface area contributed by atoms with Crippen LogP contribution in [-0.2, 0) is 0 Å². The quantitative estimate of drug-likeness (QED) is 0.186. The van der Waals surface area contributed by atoms with Crippen molar-refractivity contribution in [1.82, 2.24) is 19.1 Å². The highest BCUT2D eigenvalue weighted by atomic mass is 32.1. The highest BCUT2D eigenvalue weighted by molar-refractivity contribution is 7.27. The van der Waals surface area contributed by atoms with Gasteiger partial charge in [-0.25, -0.2) is 9.97 Å². The minimum atomic E-state index is 0.638. The van der Waals surface area contributed by atoms with Gasteiger partial charge in [0.05, 0.1) is 38.7 Å². The Labute approximate surface area is 288 Å². The maximum atomic E-state index is 6.36. The van der Waals surface area contributed by atoms with Crippen LogP contribution in [0.25, 0.3) is 97.6 Å². The zero-order valence-corrected chi connectivity index (χ0v) is 27.3. The summed E-state index contributed by atoms with van der Waals surface area (Å²) in [7, 11) is 0. The van der Waals surface area contributed by atoms with Crippen molar-refractivity contribution < 1.29 is 4.74 Å². The lowest BCUT2D eigenvalue weighted by Gasteiger charge is -2.21. The van der Waals surface area contributed by atoms with Crippen molar-refractivity contribution in [3.63, 3.8) is 0 Å². The summed E-state index contributed by atoms with van der Waals surface area (Å²) in [5.74, 6) is 2.22. The Balaban J connectivity index is 1.38. The van der Waals surface area contributed by atoms with Gasteiger partial charge in [-0.05, 0) is 54.6 Å². The van der Waals surface area contributed by atoms with Gasteiger partial charge in [0.25, 0.3) is 0 Å². The van der Waals surface area contributed by atoms with Crippen LogP contribution in [0.15, 0.2) is 146 Å². The first-order valence-corrected chi connectivity index (χ1v) is 17.6. The van der Waals surface area contributed by atoms with Crippen LogP contribution in [0.1, 0.15) is 0 Å². The molecule has 50 heavy (non-hydrogen) atoms. The van der Waals surface area contributed by atoms with Gasteiger partial charge in [-0.15, -0.1) is 11.3 Å². The molecule has 7 aromatic carbocycles. The molecule has 0 bridgehead atoms. The van der Waals surface area contributed by atoms with Gasteiger partial charge in [0, 0.05) is 53.0 Å². The number of thiophene rings is 1. The lowest BCUT2D eigenvalue weighted by atomic mass is 10.0. The minimum absolute atomic E-state index is 0.638. The Morgan fingerprint density at radius 1 is 0.480 bits per heavy atom. The molecule has 5 heterocycles. The molecular formula is C44H24N4OS. The fourth-order valence-electron chi connectivity index (χ4n) is 8.32. The standard InChI is InChI=1S/C44H24N4OS/c1-2-13-25(14-3-1)47-31-20-8-4-15-26(31)36-37-29-18-7-11-24-35(29)50-43(37)38-27-16-5-9-21-32(27)48(42(38)41(36)47)44-45-30-19-12-23-34-39(30)40(46-44)28-17-6-10-22-33(28)49-34/h1-24H. The molecule has 0 atom stereocenters. The molecule has 5 nitrogen and oxygen atoms in total. The summed E-state index contributed by atoms with van der Waals surface area (Å²) in [6.45, 7) is 0. The van der Waals surface area contributed by atoms with Crippen molar-refractivity contribution in [3.05, 3.63) is 146 Å². The van der Waals surface area contributed by atoms with E-state index in [1.807, 2.05) is 41.7 Å². The van der Waals surface area contributed by atoms with Crippen molar-refractivity contribution in [1.29, 1.82) is 0 Å². The Morgan fingerprint density at radius 2 is 1.14 bits per heavy atom. The highest BCUT2D eigenvalue weighted by Gasteiger charge is 2.29. The van der Waals surface area contributed by atoms with Gasteiger partial charge in [0.15, 0.2) is 0 Å². The molecule has 0 saturated carbocycles. The second-order valence-corrected chi connectivity index (χ2v) is 14.0. The first-order chi connectivity index (χ1) is 24.8. The normalized spacial score (nSPS) is 12.6. The topological polar surface area (TPSA) is 44.9 Å². The Morgan fingerprint density at radius 3 is 2.00 bits per heavy atom. The van der Waals surface area contributed by atoms with E-state index in [1.54, 1.807) is 0 Å². The number of hydrogen-bond acceptors (Lipinski definition) is 4. The Kier molecular flexibility index (Phi) is 5.06. The fraction of sp³-hybridized carbons (Fsp3) is 0. The molecule has 4 aromatic heterocycles. The molecule has 0 fully saturated rings. The molecule has 12 rings (SSSR count). The van der Waals surface area contributed by atoms with E-state index in [0.717, 1.165) is 55.9 Å². The number of hydrogen-bond donors (Lipinski definition) is 0. The van der Waals surface area contributed by atoms with Crippen LogP contribution >= 0.6 is 11.3 Å². The van der Waals surface area contributed by atoms with Crippen molar-refractivity contribution in [2.45, 2.75) is 0 Å². The Hall–Kier alpha value is -6.50. The van der Waals surface area contributed by atoms with Gasteiger partial charge >= 0.3 is 0 Å². The molecule has 0 N–H and O–H groups in total. The highest BCUT2D eigenvalue weighted by Crippen LogP contribution is 2.51. The van der Waals surface area contributed by atoms with E-state index in [-0.39, 0.29) is 0 Å². The molecule has 6 heteroatoms. The maximum absolute atomic E-state index is 6.36. The summed E-state index contributed by atoms with van der Waals surface area (Å²) in [5, 5.41) is 8.39. The number of nitrogens with zero attached hydrogens (tertiary/aromatic N) is 4. The summed E-state index contributed by atoms with van der Waals surface area (Å²) in [4.78, 5) is 10.8. The van der Waals surface area contributed by atoms with Crippen molar-refractivity contribution in [2.24, 2.45) is 0 Å². The number of ether oxygens (including phenoxy) is 1. The van der Waals surface area contributed by atoms with Crippen LogP contribution < -0.4 is 4.74 Å². The van der Waals surface area contributed by atoms with E-state index >= 15 is 0 Å². The van der Waals surface area contributed by atoms with Crippen LogP contribution in [0.2, 0.25) is 0 Å². The largest absolute Gasteiger partial charge is 0.456 e. The fourth-order valence-corrected chi connectivity index (χ4v) is 9.59. The van der Waals surface area contributed by atoms with E-state index in [4.69, 9.17) is 14.7 Å². The molecule has 232 valence electrons. The van der Waals surface area contributed by atoms with Crippen molar-refractivity contribution in [2.75, 3.05) is 0 Å². The van der Waals surface area contributed by atoms with Gasteiger partial charge in [0.1, 0.15) is 11.5 Å². The number of para-hydroxylation sites is 4. The summed E-state index contributed by atoms with van der Waals surface area (Å²) < 4.78 is 13.7. The van der Waals surface area contributed by atoms with Gasteiger partial charge in [-0.3, -0.25) is 4.57 Å². The van der Waals surface area contributed by atoms with Gasteiger partial charge in [-0.1, -0.05) is 91.0 Å². The summed E-state index contributed by atoms with van der Waals surface area (Å²) in [6, 6.07) is 51.4. The number of benzene rings is 7. The van der Waals surface area contributed by atoms with E-state index in [9.17, 15) is 0 Å². The molecule has 0 unspecified atom stereocenters. The predicted octanol–water partition coefficient (Wildman–Crippen LogP) is 12.0. The molecule has 0 amide bonds. The Bertz CT molecular complexity index is 3240. The van der Waals surface area contributed by atoms with Crippen LogP contribution in [-0.4, -0.2) is 19.1 Å². The number of rotatable bonds is 2. The smallest absolute Gasteiger partial charge is 0.235 e. The molecule has 0 saturated heterocycles. The van der Waals surface area contributed by atoms with E-state index < -0.39 is 0 Å². The number of aromatic nitrogens is 4. The second-order valence-electron chi connectivity index (χ2n) is 12.9. The third kappa shape index (κ3) is 3.31. The predicted molar refractivity (Wildman–Crippen MR) is 207 cm³/mol. The second kappa shape index (κ2) is 9.56. The zero-order valence-electron chi connectivity index (χ0n) is 26.5. The number of fused-ring (bicyclic) bond motifs is 14. The summed E-state index contributed by atoms with van der Waals surface area (Å²) >= 11 is 1.88. The van der Waals surface area contributed by atoms with Crippen molar-refractivity contribution >= 4 is 86.0 Å². The third-order valence-corrected chi connectivity index (χ3v) is 11.5. The van der Waals surface area contributed by atoms with Gasteiger partial charge < -0.3 is 9.30 Å². The lowest BCUT2D eigenvalue weighted by molar-refractivity contribution is 0.486. The monoisotopic (exact) mass is 656 g/mol. The molecule has 1 aliphatic rings. The molecule has 0 aliphatic carbocycles. The van der Waals surface area contributed by atoms with E-state index in [1.165, 1.54) is 47.2 Å². The van der Waals surface area contributed by atoms with Gasteiger partial charge in [0.2, 0.25) is 5.95 Å². The third-order valence-electron chi connectivity index (χ3n) is 10.3. The lowest BCUT2D eigenvalue weighted by Crippen LogP contribution is -2.07. The average molecular weight is 657 g/mol. The van der Waals surface area contributed by atoms with E-state index in [0.29, 0.717) is 5.95 Å².